The maximum Gasteiger partial charge on any atom is 0.220 e. The summed E-state index contributed by atoms with van der Waals surface area (Å²) in [6.45, 7) is 0.225. The molecule has 0 saturated carbocycles. The molecule has 0 aromatic heterocycles. The van der Waals surface area contributed by atoms with E-state index in [2.05, 4.69) is 5.73 Å². The smallest absolute Gasteiger partial charge is 0.220 e. The molecule has 1 aromatic carbocycles. The van der Waals surface area contributed by atoms with E-state index in [0.717, 1.165) is 0 Å². The molecule has 0 amide bonds. The number of benzene rings is 1. The summed E-state index contributed by atoms with van der Waals surface area (Å²) in [7, 11) is 3.09. The van der Waals surface area contributed by atoms with Crippen LogP contribution in [-0.4, -0.2) is 26.5 Å². The molecule has 0 radical (unpaired) electrons. The zero-order chi connectivity index (χ0) is 10.6. The van der Waals surface area contributed by atoms with Crippen LogP contribution in [0.5, 0.6) is 11.5 Å². The third-order valence-corrected chi connectivity index (χ3v) is 1.94. The summed E-state index contributed by atoms with van der Waals surface area (Å²) in [6, 6.07) is 5.10. The number of rotatable bonds is 4. The molecule has 0 heterocycles. The van der Waals surface area contributed by atoms with Crippen LogP contribution in [0.3, 0.4) is 0 Å². The van der Waals surface area contributed by atoms with Gasteiger partial charge in [-0.2, -0.15) is 0 Å². The molecule has 0 bridgehead atoms. The molecule has 1 aromatic rings. The topological polar surface area (TPSA) is 63.2 Å². The number of carbonyl (C=O) groups is 1. The van der Waals surface area contributed by atoms with Crippen LogP contribution in [0.25, 0.3) is 0 Å². The molecule has 0 saturated heterocycles. The van der Waals surface area contributed by atoms with Gasteiger partial charge in [-0.05, 0) is 12.1 Å². The summed E-state index contributed by atoms with van der Waals surface area (Å²) in [6.07, 6.45) is 0. The normalized spacial score (nSPS) is 9.00. The Bertz CT molecular complexity index is 341. The molecule has 0 aliphatic rings. The van der Waals surface area contributed by atoms with Gasteiger partial charge < -0.3 is 27.6 Å². The van der Waals surface area contributed by atoms with Crippen molar-refractivity contribution >= 4 is 5.78 Å². The first-order chi connectivity index (χ1) is 6.72. The van der Waals surface area contributed by atoms with Crippen molar-refractivity contribution in [3.63, 3.8) is 0 Å². The first-order valence-corrected chi connectivity index (χ1v) is 4.27. The minimum atomic E-state index is -0.0375. The van der Waals surface area contributed by atoms with Crippen LogP contribution in [0.2, 0.25) is 0 Å². The van der Waals surface area contributed by atoms with Crippen LogP contribution < -0.4 is 27.6 Å². The molecule has 15 heavy (non-hydrogen) atoms. The van der Waals surface area contributed by atoms with Crippen LogP contribution in [0.15, 0.2) is 18.2 Å². The van der Waals surface area contributed by atoms with Crippen molar-refractivity contribution in [2.45, 2.75) is 0 Å². The van der Waals surface area contributed by atoms with Gasteiger partial charge in [0.2, 0.25) is 5.78 Å². The predicted molar refractivity (Wildman–Crippen MR) is 51.6 cm³/mol. The molecule has 4 nitrogen and oxygen atoms in total. The van der Waals surface area contributed by atoms with Crippen LogP contribution in [0.4, 0.5) is 0 Å². The van der Waals surface area contributed by atoms with Crippen molar-refractivity contribution in [2.24, 2.45) is 0 Å². The first kappa shape index (κ1) is 13.7. The second kappa shape index (κ2) is 6.27. The first-order valence-electron chi connectivity index (χ1n) is 4.27. The maximum absolute atomic E-state index is 11.4. The second-order valence-electron chi connectivity index (χ2n) is 2.74. The van der Waals surface area contributed by atoms with Gasteiger partial charge in [0.25, 0.3) is 0 Å². The van der Waals surface area contributed by atoms with Crippen molar-refractivity contribution in [1.82, 2.24) is 0 Å². The molecular weight excluding hydrogens is 218 g/mol. The van der Waals surface area contributed by atoms with Gasteiger partial charge in [0.1, 0.15) is 18.0 Å². The van der Waals surface area contributed by atoms with Gasteiger partial charge >= 0.3 is 0 Å². The standard InChI is InChI=1S/C10H13NO3.ClH/c1-13-7-3-4-8(9(12)6-11)10(5-7)14-2;/h3-5H,6,11H2,1-2H3;1H. The van der Waals surface area contributed by atoms with Crippen LogP contribution in [0, 0.1) is 0 Å². The fraction of sp³-hybridized carbons (Fsp3) is 0.300. The molecule has 5 heteroatoms. The minimum Gasteiger partial charge on any atom is -1.00 e. The van der Waals surface area contributed by atoms with Crippen molar-refractivity contribution in [3.05, 3.63) is 23.8 Å². The second-order valence-corrected chi connectivity index (χ2v) is 2.74. The highest BCUT2D eigenvalue weighted by Gasteiger charge is 2.12. The third kappa shape index (κ3) is 3.11. The van der Waals surface area contributed by atoms with Crippen LogP contribution in [0.1, 0.15) is 10.4 Å². The number of methoxy groups -OCH3 is 2. The summed E-state index contributed by atoms with van der Waals surface area (Å²) in [5.74, 6) is 1.16. The van der Waals surface area contributed by atoms with Gasteiger partial charge in [-0.3, -0.25) is 4.79 Å². The summed E-state index contributed by atoms with van der Waals surface area (Å²) >= 11 is 0. The fourth-order valence-corrected chi connectivity index (χ4v) is 1.16. The highest BCUT2D eigenvalue weighted by atomic mass is 35.5. The monoisotopic (exact) mass is 231 g/mol. The lowest BCUT2D eigenvalue weighted by Gasteiger charge is -2.07. The largest absolute Gasteiger partial charge is 1.00 e. The molecule has 0 spiro atoms. The lowest BCUT2D eigenvalue weighted by molar-refractivity contribution is -0.349. The summed E-state index contributed by atoms with van der Waals surface area (Å²) in [4.78, 5) is 11.4. The molecule has 0 fully saturated rings. The molecule has 84 valence electrons. The van der Waals surface area contributed by atoms with Gasteiger partial charge in [0, 0.05) is 6.07 Å². The van der Waals surface area contributed by atoms with Gasteiger partial charge in [-0.15, -0.1) is 0 Å². The summed E-state index contributed by atoms with van der Waals surface area (Å²) in [5.41, 5.74) is 4.09. The molecule has 3 N–H and O–H groups in total. The van der Waals surface area contributed by atoms with Crippen LogP contribution >= 0.6 is 0 Å². The zero-order valence-electron chi connectivity index (χ0n) is 8.75. The van der Waals surface area contributed by atoms with Crippen molar-refractivity contribution in [2.75, 3.05) is 20.8 Å². The predicted octanol–water partition coefficient (Wildman–Crippen LogP) is -2.87. The van der Waals surface area contributed by atoms with Gasteiger partial charge in [-0.25, -0.2) is 0 Å². The maximum atomic E-state index is 11.4. The van der Waals surface area contributed by atoms with E-state index >= 15 is 0 Å². The van der Waals surface area contributed by atoms with Crippen LogP contribution in [-0.2, 0) is 0 Å². The molecule has 0 aliphatic carbocycles. The Kier molecular flexibility index (Phi) is 5.74. The summed E-state index contributed by atoms with van der Waals surface area (Å²) in [5, 5.41) is 0. The Morgan fingerprint density at radius 1 is 1.33 bits per heavy atom. The lowest BCUT2D eigenvalue weighted by atomic mass is 10.1. The van der Waals surface area contributed by atoms with Crippen molar-refractivity contribution < 1.29 is 32.4 Å². The Morgan fingerprint density at radius 2 is 2.00 bits per heavy atom. The van der Waals surface area contributed by atoms with E-state index < -0.39 is 0 Å². The van der Waals surface area contributed by atoms with Crippen molar-refractivity contribution in [1.29, 1.82) is 0 Å². The van der Waals surface area contributed by atoms with E-state index in [1.54, 1.807) is 25.3 Å². The highest BCUT2D eigenvalue weighted by Crippen LogP contribution is 2.24. The van der Waals surface area contributed by atoms with Crippen molar-refractivity contribution in [3.8, 4) is 11.5 Å². The van der Waals surface area contributed by atoms with Gasteiger partial charge in [0.05, 0.1) is 19.8 Å². The van der Waals surface area contributed by atoms with E-state index in [0.29, 0.717) is 17.1 Å². The lowest BCUT2D eigenvalue weighted by Crippen LogP contribution is -3.00. The molecule has 0 aliphatic heterocycles. The number of ether oxygens (including phenoxy) is 2. The summed E-state index contributed by atoms with van der Waals surface area (Å²) < 4.78 is 10.1. The fourth-order valence-electron chi connectivity index (χ4n) is 1.16. The molecular formula is C10H14ClNO3. The van der Waals surface area contributed by atoms with E-state index in [1.165, 1.54) is 7.11 Å². The zero-order valence-corrected chi connectivity index (χ0v) is 9.50. The van der Waals surface area contributed by atoms with Gasteiger partial charge in [-0.1, -0.05) is 0 Å². The number of Topliss-reactive ketones (excluding diaryl/α,β-unsaturated/α-hetero) is 1. The van der Waals surface area contributed by atoms with Gasteiger partial charge in [0.15, 0.2) is 0 Å². The SMILES string of the molecule is COc1ccc(C(=O)C[NH3+])c(OC)c1.[Cl-]. The number of hydrogen-bond acceptors (Lipinski definition) is 3. The number of halogens is 1. The molecule has 1 rings (SSSR count). The highest BCUT2D eigenvalue weighted by molar-refractivity contribution is 5.99. The quantitative estimate of drug-likeness (QED) is 0.567. The number of ketones is 1. The average Bonchev–Trinajstić information content (AvgIpc) is 2.27. The van der Waals surface area contributed by atoms with E-state index in [1.807, 2.05) is 0 Å². The Labute approximate surface area is 94.8 Å². The van der Waals surface area contributed by atoms with E-state index in [-0.39, 0.29) is 24.7 Å². The molecule has 0 unspecified atom stereocenters. The Hall–Kier alpha value is -1.26. The van der Waals surface area contributed by atoms with E-state index in [4.69, 9.17) is 9.47 Å². The Balaban J connectivity index is 0.00000196. The minimum absolute atomic E-state index is 0. The number of hydrogen-bond donors (Lipinski definition) is 1. The third-order valence-electron chi connectivity index (χ3n) is 1.94. The Morgan fingerprint density at radius 3 is 2.47 bits per heavy atom. The van der Waals surface area contributed by atoms with E-state index in [9.17, 15) is 4.79 Å². The molecule has 0 atom stereocenters. The number of quaternary nitrogens is 1. The number of carbonyl (C=O) groups excluding carboxylic acids is 1. The average molecular weight is 232 g/mol.